The smallest absolute Gasteiger partial charge is 0.282 e. The van der Waals surface area contributed by atoms with Crippen molar-refractivity contribution >= 4 is 15.9 Å². The molecule has 5 nitrogen and oxygen atoms in total. The van der Waals surface area contributed by atoms with E-state index < -0.39 is 16.0 Å². The van der Waals surface area contributed by atoms with Crippen LogP contribution in [0.3, 0.4) is 0 Å². The van der Waals surface area contributed by atoms with Crippen LogP contribution in [0.25, 0.3) is 0 Å². The molecule has 7 heteroatoms. The van der Waals surface area contributed by atoms with Gasteiger partial charge in [0.25, 0.3) is 10.2 Å². The van der Waals surface area contributed by atoms with Gasteiger partial charge in [-0.05, 0) is 23.8 Å². The third-order valence-electron chi connectivity index (χ3n) is 2.84. The van der Waals surface area contributed by atoms with Gasteiger partial charge in [-0.2, -0.15) is 17.0 Å². The van der Waals surface area contributed by atoms with Crippen molar-refractivity contribution in [3.63, 3.8) is 0 Å². The van der Waals surface area contributed by atoms with Crippen molar-refractivity contribution in [1.82, 2.24) is 8.61 Å². The summed E-state index contributed by atoms with van der Waals surface area (Å²) in [4.78, 5) is 0. The van der Waals surface area contributed by atoms with Gasteiger partial charge >= 0.3 is 0 Å². The normalized spacial score (nSPS) is 20.8. The Labute approximate surface area is 99.8 Å². The zero-order chi connectivity index (χ0) is 12.6. The first-order valence-electron chi connectivity index (χ1n) is 5.16. The van der Waals surface area contributed by atoms with E-state index in [1.165, 1.54) is 33.9 Å². The van der Waals surface area contributed by atoms with Crippen LogP contribution < -0.4 is 5.73 Å². The summed E-state index contributed by atoms with van der Waals surface area (Å²) in [6.07, 6.45) is 0. The molecule has 2 N–H and O–H groups in total. The van der Waals surface area contributed by atoms with E-state index in [0.717, 1.165) is 0 Å². The minimum Gasteiger partial charge on any atom is -0.398 e. The monoisotopic (exact) mass is 259 g/mol. The molecule has 1 heterocycles. The quantitative estimate of drug-likeness (QED) is 0.782. The van der Waals surface area contributed by atoms with Crippen LogP contribution in [0.15, 0.2) is 18.2 Å². The molecule has 0 bridgehead atoms. The molecule has 1 aliphatic heterocycles. The van der Waals surface area contributed by atoms with E-state index in [4.69, 9.17) is 5.73 Å². The molecule has 0 atom stereocenters. The topological polar surface area (TPSA) is 66.6 Å². The molecule has 0 aromatic heterocycles. The number of hydrogen-bond donors (Lipinski definition) is 1. The molecule has 0 amide bonds. The molecule has 2 rings (SSSR count). The first-order valence-corrected chi connectivity index (χ1v) is 6.56. The Morgan fingerprint density at radius 3 is 2.71 bits per heavy atom. The second-order valence-electron chi connectivity index (χ2n) is 4.01. The van der Waals surface area contributed by atoms with Crippen molar-refractivity contribution in [2.45, 2.75) is 6.54 Å². The molecule has 1 fully saturated rings. The molecule has 17 heavy (non-hydrogen) atoms. The SMILES string of the molecule is CN1CCN(Cc2cc(F)ccc2N)S1(=O)=O. The van der Waals surface area contributed by atoms with E-state index in [1.807, 2.05) is 0 Å². The summed E-state index contributed by atoms with van der Waals surface area (Å²) in [5.74, 6) is -0.417. The molecule has 1 saturated heterocycles. The number of nitrogens with two attached hydrogens (primary N) is 1. The Bertz CT molecular complexity index is 532. The fourth-order valence-corrected chi connectivity index (χ4v) is 3.06. The fraction of sp³-hybridized carbons (Fsp3) is 0.400. The maximum atomic E-state index is 13.1. The lowest BCUT2D eigenvalue weighted by Crippen LogP contribution is -2.30. The largest absolute Gasteiger partial charge is 0.398 e. The maximum Gasteiger partial charge on any atom is 0.282 e. The summed E-state index contributed by atoms with van der Waals surface area (Å²) < 4.78 is 39.2. The van der Waals surface area contributed by atoms with Crippen molar-refractivity contribution in [2.75, 3.05) is 25.9 Å². The van der Waals surface area contributed by atoms with Gasteiger partial charge in [-0.1, -0.05) is 0 Å². The zero-order valence-corrected chi connectivity index (χ0v) is 10.2. The van der Waals surface area contributed by atoms with Crippen molar-refractivity contribution in [3.05, 3.63) is 29.6 Å². The summed E-state index contributed by atoms with van der Waals surface area (Å²) in [5, 5.41) is 0. The summed E-state index contributed by atoms with van der Waals surface area (Å²) >= 11 is 0. The summed E-state index contributed by atoms with van der Waals surface area (Å²) in [5.41, 5.74) is 6.58. The number of benzene rings is 1. The van der Waals surface area contributed by atoms with Crippen LogP contribution in [0.4, 0.5) is 10.1 Å². The van der Waals surface area contributed by atoms with Crippen molar-refractivity contribution in [3.8, 4) is 0 Å². The van der Waals surface area contributed by atoms with E-state index in [0.29, 0.717) is 24.3 Å². The molecule has 1 aromatic carbocycles. The number of nitrogens with zero attached hydrogens (tertiary/aromatic N) is 2. The van der Waals surface area contributed by atoms with E-state index in [9.17, 15) is 12.8 Å². The van der Waals surface area contributed by atoms with E-state index in [-0.39, 0.29) is 6.54 Å². The molecule has 1 aromatic rings. The van der Waals surface area contributed by atoms with Crippen LogP contribution in [-0.4, -0.2) is 37.2 Å². The first kappa shape index (κ1) is 12.3. The van der Waals surface area contributed by atoms with Gasteiger partial charge in [0.15, 0.2) is 0 Å². The predicted octanol–water partition coefficient (Wildman–Crippen LogP) is 0.400. The molecule has 1 aliphatic rings. The average Bonchev–Trinajstić information content (AvgIpc) is 2.50. The van der Waals surface area contributed by atoms with Gasteiger partial charge in [0, 0.05) is 32.4 Å². The van der Waals surface area contributed by atoms with Crippen molar-refractivity contribution in [2.24, 2.45) is 0 Å². The lowest BCUT2D eigenvalue weighted by Gasteiger charge is -2.16. The number of hydrogen-bond acceptors (Lipinski definition) is 3. The van der Waals surface area contributed by atoms with Crippen LogP contribution in [0.1, 0.15) is 5.56 Å². The minimum atomic E-state index is -3.40. The van der Waals surface area contributed by atoms with Crippen LogP contribution in [0.5, 0.6) is 0 Å². The lowest BCUT2D eigenvalue weighted by atomic mass is 10.2. The van der Waals surface area contributed by atoms with Gasteiger partial charge in [0.05, 0.1) is 0 Å². The first-order chi connectivity index (χ1) is 7.91. The van der Waals surface area contributed by atoms with Crippen LogP contribution in [-0.2, 0) is 16.8 Å². The number of likely N-dealkylation sites (N-methyl/N-ethyl adjacent to an activating group) is 1. The van der Waals surface area contributed by atoms with Gasteiger partial charge in [0.2, 0.25) is 0 Å². The summed E-state index contributed by atoms with van der Waals surface area (Å²) in [6.45, 7) is 0.947. The van der Waals surface area contributed by atoms with Gasteiger partial charge in [-0.3, -0.25) is 0 Å². The van der Waals surface area contributed by atoms with Gasteiger partial charge in [-0.25, -0.2) is 4.39 Å². The van der Waals surface area contributed by atoms with Crippen molar-refractivity contribution in [1.29, 1.82) is 0 Å². The molecule has 0 aliphatic carbocycles. The van der Waals surface area contributed by atoms with Crippen LogP contribution in [0.2, 0.25) is 0 Å². The number of anilines is 1. The third-order valence-corrected chi connectivity index (χ3v) is 4.77. The highest BCUT2D eigenvalue weighted by molar-refractivity contribution is 7.86. The minimum absolute atomic E-state index is 0.107. The Hall–Kier alpha value is -1.18. The van der Waals surface area contributed by atoms with Gasteiger partial charge in [-0.15, -0.1) is 0 Å². The third kappa shape index (κ3) is 2.26. The second kappa shape index (κ2) is 4.25. The molecule has 0 saturated carbocycles. The predicted molar refractivity (Wildman–Crippen MR) is 62.8 cm³/mol. The fourth-order valence-electron chi connectivity index (χ4n) is 1.74. The maximum absolute atomic E-state index is 13.1. The Kier molecular flexibility index (Phi) is 3.07. The highest BCUT2D eigenvalue weighted by Crippen LogP contribution is 2.21. The van der Waals surface area contributed by atoms with Crippen LogP contribution >= 0.6 is 0 Å². The lowest BCUT2D eigenvalue weighted by molar-refractivity contribution is 0.444. The molecular weight excluding hydrogens is 245 g/mol. The molecular formula is C10H14FN3O2S. The molecule has 0 spiro atoms. The number of rotatable bonds is 2. The van der Waals surface area contributed by atoms with Gasteiger partial charge < -0.3 is 5.73 Å². The highest BCUT2D eigenvalue weighted by Gasteiger charge is 2.33. The molecule has 0 radical (unpaired) electrons. The highest BCUT2D eigenvalue weighted by atomic mass is 32.2. The summed E-state index contributed by atoms with van der Waals surface area (Å²) in [7, 11) is -1.89. The van der Waals surface area contributed by atoms with Gasteiger partial charge in [0.1, 0.15) is 5.82 Å². The van der Waals surface area contributed by atoms with E-state index in [2.05, 4.69) is 0 Å². The average molecular weight is 259 g/mol. The second-order valence-corrected chi connectivity index (χ2v) is 6.04. The Balaban J connectivity index is 2.25. The standard InChI is InChI=1S/C10H14FN3O2S/c1-13-4-5-14(17(13,15)16)7-8-6-9(11)2-3-10(8)12/h2-3,6H,4-5,7,12H2,1H3. The van der Waals surface area contributed by atoms with Crippen LogP contribution in [0, 0.1) is 5.82 Å². The summed E-state index contributed by atoms with van der Waals surface area (Å²) in [6, 6.07) is 3.96. The Morgan fingerprint density at radius 2 is 2.12 bits per heavy atom. The zero-order valence-electron chi connectivity index (χ0n) is 9.43. The van der Waals surface area contributed by atoms with Crippen molar-refractivity contribution < 1.29 is 12.8 Å². The van der Waals surface area contributed by atoms with E-state index in [1.54, 1.807) is 0 Å². The van der Waals surface area contributed by atoms with E-state index >= 15 is 0 Å². The number of halogens is 1. The number of nitrogen functional groups attached to an aromatic ring is 1. The molecule has 0 unspecified atom stereocenters. The molecule has 94 valence electrons. The Morgan fingerprint density at radius 1 is 1.41 bits per heavy atom.